The molecule has 0 aliphatic heterocycles. The second-order valence-electron chi connectivity index (χ2n) is 5.82. The van der Waals surface area contributed by atoms with Gasteiger partial charge in [0.25, 0.3) is 5.89 Å². The predicted molar refractivity (Wildman–Crippen MR) is 89.1 cm³/mol. The number of aryl methyl sites for hydroxylation is 2. The first-order chi connectivity index (χ1) is 11.8. The van der Waals surface area contributed by atoms with Crippen LogP contribution in [0.25, 0.3) is 11.4 Å². The smallest absolute Gasteiger partial charge is 0.264 e. The van der Waals surface area contributed by atoms with E-state index in [1.54, 1.807) is 7.11 Å². The molecule has 0 radical (unpaired) electrons. The van der Waals surface area contributed by atoms with Crippen LogP contribution in [0.4, 0.5) is 0 Å². The van der Waals surface area contributed by atoms with Crippen molar-refractivity contribution in [1.29, 1.82) is 0 Å². The van der Waals surface area contributed by atoms with E-state index in [0.717, 1.165) is 23.5 Å². The SMILES string of the molecule is COc1cccc(-c2noc(COc3ccc4c(c3)CCC4)n2)c1. The number of aromatic nitrogens is 2. The minimum Gasteiger partial charge on any atom is -0.497 e. The van der Waals surface area contributed by atoms with E-state index in [9.17, 15) is 0 Å². The molecule has 0 atom stereocenters. The van der Waals surface area contributed by atoms with Crippen LogP contribution in [0, 0.1) is 0 Å². The molecule has 4 rings (SSSR count). The standard InChI is InChI=1S/C19H18N2O3/c1-22-16-7-3-6-15(11-16)19-20-18(24-21-19)12-23-17-9-8-13-4-2-5-14(13)10-17/h3,6-11H,2,4-5,12H2,1H3. The fraction of sp³-hybridized carbons (Fsp3) is 0.263. The Morgan fingerprint density at radius 3 is 2.88 bits per heavy atom. The number of methoxy groups -OCH3 is 1. The van der Waals surface area contributed by atoms with Gasteiger partial charge in [0.15, 0.2) is 6.61 Å². The highest BCUT2D eigenvalue weighted by Crippen LogP contribution is 2.26. The summed E-state index contributed by atoms with van der Waals surface area (Å²) in [5.41, 5.74) is 3.66. The normalized spacial score (nSPS) is 12.9. The summed E-state index contributed by atoms with van der Waals surface area (Å²) in [6, 6.07) is 13.8. The van der Waals surface area contributed by atoms with Crippen LogP contribution in [0.3, 0.4) is 0 Å². The molecule has 1 heterocycles. The highest BCUT2D eigenvalue weighted by molar-refractivity contribution is 5.56. The van der Waals surface area contributed by atoms with Crippen LogP contribution < -0.4 is 9.47 Å². The van der Waals surface area contributed by atoms with Gasteiger partial charge in [-0.05, 0) is 54.7 Å². The summed E-state index contributed by atoms with van der Waals surface area (Å²) in [4.78, 5) is 4.39. The maximum Gasteiger partial charge on any atom is 0.264 e. The summed E-state index contributed by atoms with van der Waals surface area (Å²) in [6.07, 6.45) is 3.53. The molecular formula is C19H18N2O3. The number of ether oxygens (including phenoxy) is 2. The number of nitrogens with zero attached hydrogens (tertiary/aromatic N) is 2. The van der Waals surface area contributed by atoms with Crippen LogP contribution >= 0.6 is 0 Å². The van der Waals surface area contributed by atoms with E-state index in [4.69, 9.17) is 14.0 Å². The molecular weight excluding hydrogens is 304 g/mol. The van der Waals surface area contributed by atoms with Crippen LogP contribution in [0.15, 0.2) is 47.0 Å². The van der Waals surface area contributed by atoms with Crippen LogP contribution in [-0.4, -0.2) is 17.3 Å². The molecule has 0 unspecified atom stereocenters. The van der Waals surface area contributed by atoms with Crippen LogP contribution in [0.2, 0.25) is 0 Å². The van der Waals surface area contributed by atoms with E-state index in [1.807, 2.05) is 30.3 Å². The Balaban J connectivity index is 1.45. The molecule has 1 aliphatic carbocycles. The van der Waals surface area contributed by atoms with E-state index in [0.29, 0.717) is 11.7 Å². The Bertz CT molecular complexity index is 857. The molecule has 0 N–H and O–H groups in total. The third-order valence-electron chi connectivity index (χ3n) is 4.23. The van der Waals surface area contributed by atoms with Gasteiger partial charge in [0.05, 0.1) is 7.11 Å². The van der Waals surface area contributed by atoms with E-state index in [2.05, 4.69) is 22.3 Å². The number of hydrogen-bond acceptors (Lipinski definition) is 5. The Morgan fingerprint density at radius 2 is 1.96 bits per heavy atom. The Kier molecular flexibility index (Phi) is 3.91. The van der Waals surface area contributed by atoms with Gasteiger partial charge in [0.1, 0.15) is 11.5 Å². The van der Waals surface area contributed by atoms with Crippen molar-refractivity contribution in [3.05, 3.63) is 59.5 Å². The number of hydrogen-bond donors (Lipinski definition) is 0. The third-order valence-corrected chi connectivity index (χ3v) is 4.23. The Hall–Kier alpha value is -2.82. The fourth-order valence-electron chi connectivity index (χ4n) is 2.98. The summed E-state index contributed by atoms with van der Waals surface area (Å²) in [5.74, 6) is 2.58. The van der Waals surface area contributed by atoms with Gasteiger partial charge in [-0.15, -0.1) is 0 Å². The van der Waals surface area contributed by atoms with Gasteiger partial charge < -0.3 is 14.0 Å². The number of fused-ring (bicyclic) bond motifs is 1. The molecule has 5 heteroatoms. The van der Waals surface area contributed by atoms with E-state index >= 15 is 0 Å². The van der Waals surface area contributed by atoms with Gasteiger partial charge in [-0.3, -0.25) is 0 Å². The maximum atomic E-state index is 5.79. The molecule has 3 aromatic rings. The lowest BCUT2D eigenvalue weighted by Gasteiger charge is -2.05. The van der Waals surface area contributed by atoms with Gasteiger partial charge in [-0.25, -0.2) is 0 Å². The van der Waals surface area contributed by atoms with E-state index < -0.39 is 0 Å². The maximum absolute atomic E-state index is 5.79. The van der Waals surface area contributed by atoms with Crippen molar-refractivity contribution in [2.45, 2.75) is 25.9 Å². The fourth-order valence-corrected chi connectivity index (χ4v) is 2.98. The molecule has 0 spiro atoms. The van der Waals surface area contributed by atoms with Gasteiger partial charge in [0, 0.05) is 5.56 Å². The molecule has 24 heavy (non-hydrogen) atoms. The highest BCUT2D eigenvalue weighted by atomic mass is 16.5. The molecule has 0 amide bonds. The second kappa shape index (κ2) is 6.35. The highest BCUT2D eigenvalue weighted by Gasteiger charge is 2.13. The van der Waals surface area contributed by atoms with Crippen molar-refractivity contribution in [2.75, 3.05) is 7.11 Å². The van der Waals surface area contributed by atoms with Crippen molar-refractivity contribution >= 4 is 0 Å². The zero-order valence-electron chi connectivity index (χ0n) is 13.5. The Labute approximate surface area is 140 Å². The average molecular weight is 322 g/mol. The van der Waals surface area contributed by atoms with Crippen LogP contribution in [-0.2, 0) is 19.4 Å². The lowest BCUT2D eigenvalue weighted by atomic mass is 10.1. The number of benzene rings is 2. The van der Waals surface area contributed by atoms with E-state index in [-0.39, 0.29) is 6.61 Å². The third kappa shape index (κ3) is 2.97. The average Bonchev–Trinajstić information content (AvgIpc) is 3.28. The van der Waals surface area contributed by atoms with Gasteiger partial charge in [-0.1, -0.05) is 23.4 Å². The summed E-state index contributed by atoms with van der Waals surface area (Å²) >= 11 is 0. The zero-order valence-corrected chi connectivity index (χ0v) is 13.5. The minimum absolute atomic E-state index is 0.260. The first-order valence-corrected chi connectivity index (χ1v) is 8.03. The Morgan fingerprint density at radius 1 is 1.04 bits per heavy atom. The summed E-state index contributed by atoms with van der Waals surface area (Å²) in [6.45, 7) is 0.260. The summed E-state index contributed by atoms with van der Waals surface area (Å²) in [5, 5.41) is 4.01. The van der Waals surface area contributed by atoms with Crippen molar-refractivity contribution < 1.29 is 14.0 Å². The quantitative estimate of drug-likeness (QED) is 0.715. The monoisotopic (exact) mass is 322 g/mol. The molecule has 1 aliphatic rings. The molecule has 0 saturated heterocycles. The van der Waals surface area contributed by atoms with Gasteiger partial charge >= 0.3 is 0 Å². The van der Waals surface area contributed by atoms with Crippen molar-refractivity contribution in [3.63, 3.8) is 0 Å². The van der Waals surface area contributed by atoms with Crippen LogP contribution in [0.1, 0.15) is 23.4 Å². The van der Waals surface area contributed by atoms with Crippen molar-refractivity contribution in [1.82, 2.24) is 10.1 Å². The molecule has 0 fully saturated rings. The lowest BCUT2D eigenvalue weighted by Crippen LogP contribution is -1.96. The molecule has 5 nitrogen and oxygen atoms in total. The molecule has 0 bridgehead atoms. The number of rotatable bonds is 5. The van der Waals surface area contributed by atoms with Crippen LogP contribution in [0.5, 0.6) is 11.5 Å². The second-order valence-corrected chi connectivity index (χ2v) is 5.82. The summed E-state index contributed by atoms with van der Waals surface area (Å²) < 4.78 is 16.3. The van der Waals surface area contributed by atoms with Gasteiger partial charge in [0.2, 0.25) is 5.82 Å². The molecule has 0 saturated carbocycles. The summed E-state index contributed by atoms with van der Waals surface area (Å²) in [7, 11) is 1.63. The predicted octanol–water partition coefficient (Wildman–Crippen LogP) is 3.81. The molecule has 122 valence electrons. The first kappa shape index (κ1) is 14.8. The first-order valence-electron chi connectivity index (χ1n) is 8.03. The minimum atomic E-state index is 0.260. The van der Waals surface area contributed by atoms with Crippen molar-refractivity contribution in [2.24, 2.45) is 0 Å². The lowest BCUT2D eigenvalue weighted by molar-refractivity contribution is 0.243. The molecule has 2 aromatic carbocycles. The topological polar surface area (TPSA) is 57.4 Å². The zero-order chi connectivity index (χ0) is 16.4. The van der Waals surface area contributed by atoms with Crippen molar-refractivity contribution in [3.8, 4) is 22.9 Å². The van der Waals surface area contributed by atoms with Gasteiger partial charge in [-0.2, -0.15) is 4.98 Å². The largest absolute Gasteiger partial charge is 0.497 e. The van der Waals surface area contributed by atoms with E-state index in [1.165, 1.54) is 24.0 Å². The molecule has 1 aromatic heterocycles.